The zero-order chi connectivity index (χ0) is 10.7. The third-order valence-corrected chi connectivity index (χ3v) is 2.37. The summed E-state index contributed by atoms with van der Waals surface area (Å²) in [5.41, 5.74) is 15.8. The Morgan fingerprint density at radius 2 is 2.21 bits per heavy atom. The maximum absolute atomic E-state index is 5.42. The van der Waals surface area contributed by atoms with Crippen LogP contribution in [0.5, 0.6) is 0 Å². The highest BCUT2D eigenvalue weighted by molar-refractivity contribution is 7.80. The summed E-state index contributed by atoms with van der Waals surface area (Å²) in [7, 11) is 1.72. The average Bonchev–Trinajstić information content (AvgIpc) is 2.50. The summed E-state index contributed by atoms with van der Waals surface area (Å²) < 4.78 is 0. The van der Waals surface area contributed by atoms with Gasteiger partial charge in [0.25, 0.3) is 0 Å². The molecule has 0 aliphatic carbocycles. The highest BCUT2D eigenvalue weighted by Gasteiger charge is 2.07. The fourth-order valence-corrected chi connectivity index (χ4v) is 1.50. The number of nitrogens with zero attached hydrogens (tertiary/aromatic N) is 3. The number of guanidine groups is 1. The molecule has 8 heteroatoms. The Labute approximate surface area is 90.4 Å². The van der Waals surface area contributed by atoms with Gasteiger partial charge in [-0.1, -0.05) is 0 Å². The number of aliphatic imine (C=N–C) groups is 1. The SMILES string of the molecule is CN(C(N)=S)c1csc(N=C(N)N)n1. The van der Waals surface area contributed by atoms with E-state index in [0.29, 0.717) is 10.9 Å². The zero-order valence-corrected chi connectivity index (χ0v) is 9.10. The number of nitrogens with two attached hydrogens (primary N) is 3. The molecule has 1 aromatic rings. The molecular formula is C6H10N6S2. The highest BCUT2D eigenvalue weighted by Crippen LogP contribution is 2.23. The molecule has 1 heterocycles. The van der Waals surface area contributed by atoms with E-state index in [1.165, 1.54) is 11.3 Å². The predicted octanol–water partition coefficient (Wildman–Crippen LogP) is -0.272. The molecule has 0 fully saturated rings. The highest BCUT2D eigenvalue weighted by atomic mass is 32.1. The number of rotatable bonds is 2. The maximum atomic E-state index is 5.42. The second-order valence-electron chi connectivity index (χ2n) is 2.42. The monoisotopic (exact) mass is 230 g/mol. The summed E-state index contributed by atoms with van der Waals surface area (Å²) in [4.78, 5) is 9.46. The van der Waals surface area contributed by atoms with E-state index in [2.05, 4.69) is 9.98 Å². The number of aromatic nitrogens is 1. The minimum atomic E-state index is -0.0242. The van der Waals surface area contributed by atoms with Crippen molar-refractivity contribution < 1.29 is 0 Å². The van der Waals surface area contributed by atoms with E-state index in [0.717, 1.165) is 0 Å². The van der Waals surface area contributed by atoms with Crippen LogP contribution in [0.25, 0.3) is 0 Å². The molecule has 6 nitrogen and oxygen atoms in total. The van der Waals surface area contributed by atoms with Crippen molar-refractivity contribution >= 4 is 45.6 Å². The van der Waals surface area contributed by atoms with Crippen LogP contribution in [-0.4, -0.2) is 23.1 Å². The van der Waals surface area contributed by atoms with E-state index in [-0.39, 0.29) is 11.1 Å². The lowest BCUT2D eigenvalue weighted by Gasteiger charge is -2.12. The van der Waals surface area contributed by atoms with Gasteiger partial charge in [-0.3, -0.25) is 0 Å². The molecule has 0 aliphatic rings. The van der Waals surface area contributed by atoms with Gasteiger partial charge in [0.1, 0.15) is 5.82 Å². The molecule has 0 bridgehead atoms. The Morgan fingerprint density at radius 3 is 2.71 bits per heavy atom. The number of hydrogen-bond donors (Lipinski definition) is 3. The number of thiocarbonyl (C=S) groups is 1. The molecule has 1 aromatic heterocycles. The van der Waals surface area contributed by atoms with Crippen molar-refractivity contribution in [1.29, 1.82) is 0 Å². The first-order chi connectivity index (χ1) is 6.50. The Balaban J connectivity index is 2.88. The van der Waals surface area contributed by atoms with Gasteiger partial charge < -0.3 is 22.1 Å². The van der Waals surface area contributed by atoms with E-state index in [4.69, 9.17) is 29.4 Å². The topological polar surface area (TPSA) is 107 Å². The van der Waals surface area contributed by atoms with Crippen molar-refractivity contribution in [3.05, 3.63) is 5.38 Å². The van der Waals surface area contributed by atoms with E-state index < -0.39 is 0 Å². The minimum absolute atomic E-state index is 0.0242. The summed E-state index contributed by atoms with van der Waals surface area (Å²) in [5, 5.41) is 2.48. The fraction of sp³-hybridized carbons (Fsp3) is 0.167. The Hall–Kier alpha value is -1.41. The largest absolute Gasteiger partial charge is 0.376 e. The molecule has 14 heavy (non-hydrogen) atoms. The zero-order valence-electron chi connectivity index (χ0n) is 7.47. The standard InChI is InChI=1S/C6H10N6S2/c1-12(5(9)13)3-2-14-6(10-3)11-4(7)8/h2H,1H3,(H2,9,13)(H4,7,8,10,11). The second kappa shape index (κ2) is 4.20. The molecule has 1 rings (SSSR count). The van der Waals surface area contributed by atoms with Gasteiger partial charge in [-0.25, -0.2) is 4.98 Å². The first-order valence-corrected chi connectivity index (χ1v) is 4.88. The molecule has 0 aromatic carbocycles. The molecule has 0 unspecified atom stereocenters. The number of hydrogen-bond acceptors (Lipinski definition) is 4. The van der Waals surface area contributed by atoms with Crippen LogP contribution in [0.4, 0.5) is 10.9 Å². The summed E-state index contributed by atoms with van der Waals surface area (Å²) >= 11 is 6.09. The lowest BCUT2D eigenvalue weighted by Crippen LogP contribution is -2.31. The van der Waals surface area contributed by atoms with Crippen LogP contribution in [0.1, 0.15) is 0 Å². The minimum Gasteiger partial charge on any atom is -0.376 e. The van der Waals surface area contributed by atoms with Gasteiger partial charge in [-0.15, -0.1) is 11.3 Å². The van der Waals surface area contributed by atoms with Crippen LogP contribution in [-0.2, 0) is 0 Å². The van der Waals surface area contributed by atoms with Crippen LogP contribution < -0.4 is 22.1 Å². The van der Waals surface area contributed by atoms with Crippen molar-refractivity contribution in [1.82, 2.24) is 4.98 Å². The molecule has 0 amide bonds. The second-order valence-corrected chi connectivity index (χ2v) is 3.68. The Morgan fingerprint density at radius 1 is 1.57 bits per heavy atom. The molecule has 76 valence electrons. The Bertz CT molecular complexity index is 366. The molecule has 6 N–H and O–H groups in total. The summed E-state index contributed by atoms with van der Waals surface area (Å²) in [6, 6.07) is 0. The third-order valence-electron chi connectivity index (χ3n) is 1.38. The van der Waals surface area contributed by atoms with E-state index in [9.17, 15) is 0 Å². The van der Waals surface area contributed by atoms with Gasteiger partial charge in [-0.05, 0) is 12.2 Å². The normalized spacial score (nSPS) is 9.50. The maximum Gasteiger partial charge on any atom is 0.214 e. The van der Waals surface area contributed by atoms with E-state index in [1.54, 1.807) is 17.3 Å². The van der Waals surface area contributed by atoms with Crippen LogP contribution in [0.3, 0.4) is 0 Å². The van der Waals surface area contributed by atoms with Gasteiger partial charge in [0.15, 0.2) is 11.1 Å². The van der Waals surface area contributed by atoms with Crippen molar-refractivity contribution in [2.75, 3.05) is 11.9 Å². The van der Waals surface area contributed by atoms with Crippen molar-refractivity contribution in [3.8, 4) is 0 Å². The molecule has 0 saturated heterocycles. The lowest BCUT2D eigenvalue weighted by molar-refractivity contribution is 1.19. The van der Waals surface area contributed by atoms with Gasteiger partial charge in [-0.2, -0.15) is 4.99 Å². The predicted molar refractivity (Wildman–Crippen MR) is 62.8 cm³/mol. The molecule has 0 spiro atoms. The summed E-state index contributed by atoms with van der Waals surface area (Å²) in [6.45, 7) is 0. The molecule has 0 atom stereocenters. The summed E-state index contributed by atoms with van der Waals surface area (Å²) in [5.74, 6) is 0.603. The molecule has 0 radical (unpaired) electrons. The van der Waals surface area contributed by atoms with Gasteiger partial charge in [0.05, 0.1) is 0 Å². The molecular weight excluding hydrogens is 220 g/mol. The van der Waals surface area contributed by atoms with Crippen LogP contribution in [0.15, 0.2) is 10.4 Å². The fourth-order valence-electron chi connectivity index (χ4n) is 0.685. The quantitative estimate of drug-likeness (QED) is 0.367. The lowest BCUT2D eigenvalue weighted by atomic mass is 10.7. The Kier molecular flexibility index (Phi) is 3.20. The first kappa shape index (κ1) is 10.7. The van der Waals surface area contributed by atoms with Crippen molar-refractivity contribution in [2.45, 2.75) is 0 Å². The molecule has 0 saturated carbocycles. The molecule has 0 aliphatic heterocycles. The number of thiazole rings is 1. The van der Waals surface area contributed by atoms with Crippen LogP contribution in [0, 0.1) is 0 Å². The van der Waals surface area contributed by atoms with Gasteiger partial charge in [0.2, 0.25) is 5.13 Å². The first-order valence-electron chi connectivity index (χ1n) is 3.59. The van der Waals surface area contributed by atoms with Crippen LogP contribution >= 0.6 is 23.6 Å². The third kappa shape index (κ3) is 2.54. The van der Waals surface area contributed by atoms with Gasteiger partial charge in [0, 0.05) is 12.4 Å². The number of anilines is 1. The smallest absolute Gasteiger partial charge is 0.214 e. The van der Waals surface area contributed by atoms with Crippen molar-refractivity contribution in [3.63, 3.8) is 0 Å². The summed E-state index contributed by atoms with van der Waals surface area (Å²) in [6.07, 6.45) is 0. The van der Waals surface area contributed by atoms with Gasteiger partial charge >= 0.3 is 0 Å². The van der Waals surface area contributed by atoms with Crippen LogP contribution in [0.2, 0.25) is 0 Å². The van der Waals surface area contributed by atoms with E-state index in [1.807, 2.05) is 0 Å². The van der Waals surface area contributed by atoms with E-state index >= 15 is 0 Å². The average molecular weight is 230 g/mol. The van der Waals surface area contributed by atoms with Crippen molar-refractivity contribution in [2.24, 2.45) is 22.2 Å².